The maximum atomic E-state index is 12.6. The number of nitrogens with one attached hydrogen (secondary N) is 1. The molecule has 1 fully saturated rings. The molecule has 0 radical (unpaired) electrons. The Hall–Kier alpha value is -2.21. The lowest BCUT2D eigenvalue weighted by molar-refractivity contribution is -0.126. The van der Waals surface area contributed by atoms with Crippen LogP contribution in [0.1, 0.15) is 72.1 Å². The van der Waals surface area contributed by atoms with Gasteiger partial charge in [-0.05, 0) is 49.1 Å². The first-order valence-electron chi connectivity index (χ1n) is 11.1. The molecule has 4 rings (SSSR count). The molecule has 1 aliphatic carbocycles. The van der Waals surface area contributed by atoms with Gasteiger partial charge in [0.1, 0.15) is 0 Å². The summed E-state index contributed by atoms with van der Waals surface area (Å²) in [6.07, 6.45) is 4.67. The van der Waals surface area contributed by atoms with Crippen molar-refractivity contribution in [2.45, 2.75) is 58.4 Å². The van der Waals surface area contributed by atoms with Gasteiger partial charge in [-0.25, -0.2) is 4.98 Å². The van der Waals surface area contributed by atoms with Gasteiger partial charge in [0.2, 0.25) is 5.91 Å². The van der Waals surface area contributed by atoms with Gasteiger partial charge < -0.3 is 10.2 Å². The van der Waals surface area contributed by atoms with Crippen molar-refractivity contribution in [3.63, 3.8) is 0 Å². The van der Waals surface area contributed by atoms with Gasteiger partial charge in [-0.2, -0.15) is 0 Å². The number of nitrogens with zero attached hydrogens (tertiary/aromatic N) is 2. The second-order valence-corrected chi connectivity index (χ2v) is 9.86. The molecule has 0 atom stereocenters. The summed E-state index contributed by atoms with van der Waals surface area (Å²) in [5.41, 5.74) is 3.13. The Labute approximate surface area is 182 Å². The molecule has 1 saturated carbocycles. The minimum Gasteiger partial charge on any atom is -0.355 e. The maximum absolute atomic E-state index is 12.6. The fourth-order valence-corrected chi connectivity index (χ4v) is 5.48. The van der Waals surface area contributed by atoms with Gasteiger partial charge in [0.05, 0.1) is 10.7 Å². The highest BCUT2D eigenvalue weighted by molar-refractivity contribution is 7.09. The molecular formula is C24H31N3O2S. The van der Waals surface area contributed by atoms with E-state index in [1.54, 1.807) is 11.3 Å². The first-order valence-corrected chi connectivity index (χ1v) is 12.0. The number of rotatable bonds is 7. The molecule has 2 aliphatic rings. The average molecular weight is 426 g/mol. The molecule has 0 bridgehead atoms. The predicted molar refractivity (Wildman–Crippen MR) is 120 cm³/mol. The number of carbonyl (C=O) groups is 2. The van der Waals surface area contributed by atoms with Crippen LogP contribution in [0.25, 0.3) is 0 Å². The van der Waals surface area contributed by atoms with E-state index in [-0.39, 0.29) is 17.7 Å². The van der Waals surface area contributed by atoms with E-state index in [0.717, 1.165) is 67.0 Å². The quantitative estimate of drug-likeness (QED) is 0.716. The maximum Gasteiger partial charge on any atom is 0.254 e. The van der Waals surface area contributed by atoms with Gasteiger partial charge >= 0.3 is 0 Å². The van der Waals surface area contributed by atoms with Crippen LogP contribution in [0.5, 0.6) is 0 Å². The summed E-state index contributed by atoms with van der Waals surface area (Å²) in [6.45, 7) is 6.49. The molecule has 30 heavy (non-hydrogen) atoms. The van der Waals surface area contributed by atoms with Crippen molar-refractivity contribution in [2.75, 3.05) is 13.1 Å². The number of aromatic nitrogens is 1. The molecule has 2 heterocycles. The first-order chi connectivity index (χ1) is 14.5. The van der Waals surface area contributed by atoms with Crippen LogP contribution in [0.3, 0.4) is 0 Å². The van der Waals surface area contributed by atoms with Crippen molar-refractivity contribution in [3.8, 4) is 0 Å². The predicted octanol–water partition coefficient (Wildman–Crippen LogP) is 4.39. The summed E-state index contributed by atoms with van der Waals surface area (Å²) in [5, 5.41) is 6.32. The normalized spacial score (nSPS) is 21.2. The summed E-state index contributed by atoms with van der Waals surface area (Å²) in [6, 6.07) is 7.90. The third-order valence-corrected chi connectivity index (χ3v) is 7.32. The van der Waals surface area contributed by atoms with Gasteiger partial charge in [0.15, 0.2) is 0 Å². The van der Waals surface area contributed by atoms with Crippen molar-refractivity contribution in [3.05, 3.63) is 51.5 Å². The van der Waals surface area contributed by atoms with Crippen molar-refractivity contribution in [1.29, 1.82) is 0 Å². The molecule has 0 saturated heterocycles. The molecule has 2 amide bonds. The zero-order valence-electron chi connectivity index (χ0n) is 17.9. The van der Waals surface area contributed by atoms with Crippen LogP contribution in [0.2, 0.25) is 0 Å². The highest BCUT2D eigenvalue weighted by Gasteiger charge is 2.31. The summed E-state index contributed by atoms with van der Waals surface area (Å²) in [4.78, 5) is 31.8. The van der Waals surface area contributed by atoms with Crippen LogP contribution in [0.15, 0.2) is 29.6 Å². The van der Waals surface area contributed by atoms with Crippen molar-refractivity contribution < 1.29 is 9.59 Å². The Bertz CT molecular complexity index is 899. The number of thiazole rings is 1. The zero-order chi connectivity index (χ0) is 21.1. The van der Waals surface area contributed by atoms with E-state index in [0.29, 0.717) is 18.4 Å². The molecule has 5 nitrogen and oxygen atoms in total. The molecule has 1 aromatic heterocycles. The van der Waals surface area contributed by atoms with Crippen LogP contribution in [-0.4, -0.2) is 34.8 Å². The minimum atomic E-state index is 0.107. The van der Waals surface area contributed by atoms with E-state index >= 15 is 0 Å². The standard InChI is InChI=1S/C24H31N3O2S/c1-16(2)21-15-30-22(26-21)11-12-25-23(28)18-9-7-17(8-10-18)13-27-14-19-5-3-4-6-20(19)24(27)29/h3-6,15-18H,7-14H2,1-2H3,(H,25,28). The topological polar surface area (TPSA) is 62.3 Å². The van der Waals surface area contributed by atoms with Gasteiger partial charge in [-0.3, -0.25) is 9.59 Å². The van der Waals surface area contributed by atoms with Crippen LogP contribution in [-0.2, 0) is 17.8 Å². The lowest BCUT2D eigenvalue weighted by atomic mass is 9.81. The number of amides is 2. The molecule has 1 aromatic carbocycles. The largest absolute Gasteiger partial charge is 0.355 e. The fourth-order valence-electron chi connectivity index (χ4n) is 4.52. The minimum absolute atomic E-state index is 0.107. The zero-order valence-corrected chi connectivity index (χ0v) is 18.7. The number of carbonyl (C=O) groups excluding carboxylic acids is 2. The summed E-state index contributed by atoms with van der Waals surface area (Å²) in [5.74, 6) is 1.39. The van der Waals surface area contributed by atoms with Crippen LogP contribution >= 0.6 is 11.3 Å². The van der Waals surface area contributed by atoms with E-state index in [9.17, 15) is 9.59 Å². The Balaban J connectivity index is 1.18. The molecule has 1 aliphatic heterocycles. The van der Waals surface area contributed by atoms with E-state index in [4.69, 9.17) is 0 Å². The number of hydrogen-bond donors (Lipinski definition) is 1. The third-order valence-electron chi connectivity index (χ3n) is 6.39. The van der Waals surface area contributed by atoms with Crippen LogP contribution in [0, 0.1) is 11.8 Å². The van der Waals surface area contributed by atoms with Crippen LogP contribution in [0.4, 0.5) is 0 Å². The Morgan fingerprint density at radius 2 is 2.00 bits per heavy atom. The van der Waals surface area contributed by atoms with Crippen molar-refractivity contribution in [2.24, 2.45) is 11.8 Å². The molecule has 0 unspecified atom stereocenters. The van der Waals surface area contributed by atoms with Crippen LogP contribution < -0.4 is 5.32 Å². The van der Waals surface area contributed by atoms with E-state index in [1.165, 1.54) is 0 Å². The van der Waals surface area contributed by atoms with Crippen molar-refractivity contribution in [1.82, 2.24) is 15.2 Å². The van der Waals surface area contributed by atoms with Crippen molar-refractivity contribution >= 4 is 23.2 Å². The van der Waals surface area contributed by atoms with Gasteiger partial charge in [0.25, 0.3) is 5.91 Å². The summed E-state index contributed by atoms with van der Waals surface area (Å²) in [7, 11) is 0. The lowest BCUT2D eigenvalue weighted by Crippen LogP contribution is -2.37. The number of hydrogen-bond acceptors (Lipinski definition) is 4. The highest BCUT2D eigenvalue weighted by atomic mass is 32.1. The SMILES string of the molecule is CC(C)c1csc(CCNC(=O)C2CCC(CN3Cc4ccccc4C3=O)CC2)n1. The van der Waals surface area contributed by atoms with E-state index in [1.807, 2.05) is 29.2 Å². The number of benzene rings is 1. The highest BCUT2D eigenvalue weighted by Crippen LogP contribution is 2.32. The molecule has 1 N–H and O–H groups in total. The Kier molecular flexibility index (Phi) is 6.52. The lowest BCUT2D eigenvalue weighted by Gasteiger charge is -2.30. The molecule has 0 spiro atoms. The van der Waals surface area contributed by atoms with E-state index < -0.39 is 0 Å². The number of fused-ring (bicyclic) bond motifs is 1. The summed E-state index contributed by atoms with van der Waals surface area (Å²) >= 11 is 1.68. The monoisotopic (exact) mass is 425 g/mol. The molecule has 6 heteroatoms. The molecule has 2 aromatic rings. The molecular weight excluding hydrogens is 394 g/mol. The first kappa shape index (κ1) is 21.0. The Morgan fingerprint density at radius 1 is 1.23 bits per heavy atom. The second kappa shape index (κ2) is 9.29. The Morgan fingerprint density at radius 3 is 2.70 bits per heavy atom. The smallest absolute Gasteiger partial charge is 0.254 e. The van der Waals surface area contributed by atoms with Gasteiger partial charge in [-0.1, -0.05) is 32.0 Å². The van der Waals surface area contributed by atoms with Gasteiger partial charge in [-0.15, -0.1) is 11.3 Å². The van der Waals surface area contributed by atoms with E-state index in [2.05, 4.69) is 29.5 Å². The van der Waals surface area contributed by atoms with Gasteiger partial charge in [0, 0.05) is 42.9 Å². The molecule has 160 valence electrons. The average Bonchev–Trinajstić information content (AvgIpc) is 3.34. The summed E-state index contributed by atoms with van der Waals surface area (Å²) < 4.78 is 0. The fraction of sp³-hybridized carbons (Fsp3) is 0.542. The third kappa shape index (κ3) is 4.75. The second-order valence-electron chi connectivity index (χ2n) is 8.92.